The molecule has 0 aliphatic rings. The van der Waals surface area contributed by atoms with Crippen molar-refractivity contribution in [3.05, 3.63) is 72.2 Å². The molecule has 0 atom stereocenters. The van der Waals surface area contributed by atoms with Crippen molar-refractivity contribution in [2.24, 2.45) is 0 Å². The van der Waals surface area contributed by atoms with Gasteiger partial charge in [0.15, 0.2) is 0 Å². The lowest BCUT2D eigenvalue weighted by Crippen LogP contribution is -1.71. The minimum absolute atomic E-state index is 1.19. The Kier molecular flexibility index (Phi) is 2.68. The highest BCUT2D eigenvalue weighted by atomic mass is 32.1. The quantitative estimate of drug-likeness (QED) is 0.492. The van der Waals surface area contributed by atoms with Crippen molar-refractivity contribution in [3.63, 3.8) is 0 Å². The average Bonchev–Trinajstić information content (AvgIpc) is 3.14. The average molecular weight is 275 g/mol. The molecular formula is C18H13NS. The predicted molar refractivity (Wildman–Crippen MR) is 87.0 cm³/mol. The summed E-state index contributed by atoms with van der Waals surface area (Å²) in [7, 11) is 0. The van der Waals surface area contributed by atoms with Crippen molar-refractivity contribution < 1.29 is 0 Å². The van der Waals surface area contributed by atoms with E-state index >= 15 is 0 Å². The number of thiophene rings is 1. The lowest BCUT2D eigenvalue weighted by atomic mass is 10.1. The molecule has 2 heteroatoms. The molecule has 4 rings (SSSR count). The third-order valence-corrected chi connectivity index (χ3v) is 4.52. The highest BCUT2D eigenvalue weighted by molar-refractivity contribution is 7.14. The Labute approximate surface area is 121 Å². The third-order valence-electron chi connectivity index (χ3n) is 3.56. The van der Waals surface area contributed by atoms with Crippen molar-refractivity contribution in [2.75, 3.05) is 0 Å². The SMILES string of the molecule is c1ccc(-c2csc(-c3c[nH]c4ccccc34)c2)cc1. The second-order valence-electron chi connectivity index (χ2n) is 4.81. The van der Waals surface area contributed by atoms with Gasteiger partial charge in [-0.1, -0.05) is 48.5 Å². The number of fused-ring (bicyclic) bond motifs is 1. The first kappa shape index (κ1) is 11.5. The normalized spacial score (nSPS) is 11.0. The van der Waals surface area contributed by atoms with Crippen molar-refractivity contribution in [1.29, 1.82) is 0 Å². The lowest BCUT2D eigenvalue weighted by molar-refractivity contribution is 1.48. The molecule has 0 amide bonds. The number of aromatic nitrogens is 1. The van der Waals surface area contributed by atoms with Crippen LogP contribution in [-0.4, -0.2) is 4.98 Å². The molecule has 0 saturated carbocycles. The molecule has 0 radical (unpaired) electrons. The van der Waals surface area contributed by atoms with Crippen LogP contribution in [0.1, 0.15) is 0 Å². The lowest BCUT2D eigenvalue weighted by Gasteiger charge is -1.96. The first-order chi connectivity index (χ1) is 9.92. The number of hydrogen-bond donors (Lipinski definition) is 1. The van der Waals surface area contributed by atoms with Gasteiger partial charge >= 0.3 is 0 Å². The molecule has 0 unspecified atom stereocenters. The summed E-state index contributed by atoms with van der Waals surface area (Å²) in [6.07, 6.45) is 2.10. The number of nitrogens with one attached hydrogen (secondary N) is 1. The fourth-order valence-corrected chi connectivity index (χ4v) is 3.48. The summed E-state index contributed by atoms with van der Waals surface area (Å²) in [5.41, 5.74) is 5.04. The second-order valence-corrected chi connectivity index (χ2v) is 5.72. The van der Waals surface area contributed by atoms with Crippen LogP contribution in [0.5, 0.6) is 0 Å². The zero-order valence-electron chi connectivity index (χ0n) is 10.8. The molecule has 0 saturated heterocycles. The summed E-state index contributed by atoms with van der Waals surface area (Å²) in [6, 6.07) is 21.2. The molecule has 1 N–H and O–H groups in total. The van der Waals surface area contributed by atoms with Crippen LogP contribution < -0.4 is 0 Å². The molecule has 0 bridgehead atoms. The Hall–Kier alpha value is -2.32. The predicted octanol–water partition coefficient (Wildman–Crippen LogP) is 5.56. The van der Waals surface area contributed by atoms with Crippen LogP contribution in [0.25, 0.3) is 32.5 Å². The van der Waals surface area contributed by atoms with Crippen LogP contribution in [0.2, 0.25) is 0 Å². The minimum Gasteiger partial charge on any atom is -0.361 e. The first-order valence-electron chi connectivity index (χ1n) is 6.62. The topological polar surface area (TPSA) is 15.8 Å². The van der Waals surface area contributed by atoms with Crippen molar-refractivity contribution in [2.45, 2.75) is 0 Å². The van der Waals surface area contributed by atoms with E-state index in [1.165, 1.54) is 32.5 Å². The molecule has 0 fully saturated rings. The van der Waals surface area contributed by atoms with E-state index in [1.54, 1.807) is 11.3 Å². The zero-order valence-corrected chi connectivity index (χ0v) is 11.7. The fourth-order valence-electron chi connectivity index (χ4n) is 2.53. The Morgan fingerprint density at radius 2 is 1.60 bits per heavy atom. The Morgan fingerprint density at radius 3 is 2.50 bits per heavy atom. The number of rotatable bonds is 2. The Bertz CT molecular complexity index is 855. The maximum atomic E-state index is 3.34. The van der Waals surface area contributed by atoms with E-state index in [-0.39, 0.29) is 0 Å². The molecule has 1 nitrogen and oxygen atoms in total. The van der Waals surface area contributed by atoms with Crippen LogP contribution in [0, 0.1) is 0 Å². The minimum atomic E-state index is 1.19. The molecule has 0 aliphatic carbocycles. The number of H-pyrrole nitrogens is 1. The van der Waals surface area contributed by atoms with E-state index < -0.39 is 0 Å². The summed E-state index contributed by atoms with van der Waals surface area (Å²) < 4.78 is 0. The van der Waals surface area contributed by atoms with Crippen molar-refractivity contribution >= 4 is 22.2 Å². The smallest absolute Gasteiger partial charge is 0.0460 e. The maximum Gasteiger partial charge on any atom is 0.0460 e. The summed E-state index contributed by atoms with van der Waals surface area (Å²) in [5, 5.41) is 3.51. The van der Waals surface area contributed by atoms with Gasteiger partial charge in [-0.05, 0) is 28.6 Å². The summed E-state index contributed by atoms with van der Waals surface area (Å²) >= 11 is 1.80. The number of benzene rings is 2. The monoisotopic (exact) mass is 275 g/mol. The highest BCUT2D eigenvalue weighted by Crippen LogP contribution is 2.36. The van der Waals surface area contributed by atoms with Crippen LogP contribution in [-0.2, 0) is 0 Å². The van der Waals surface area contributed by atoms with Crippen molar-refractivity contribution in [3.8, 4) is 21.6 Å². The van der Waals surface area contributed by atoms with Gasteiger partial charge in [0, 0.05) is 27.5 Å². The van der Waals surface area contributed by atoms with Crippen molar-refractivity contribution in [1.82, 2.24) is 4.98 Å². The molecule has 0 spiro atoms. The highest BCUT2D eigenvalue weighted by Gasteiger charge is 2.08. The second kappa shape index (κ2) is 4.66. The van der Waals surface area contributed by atoms with Crippen LogP contribution in [0.4, 0.5) is 0 Å². The summed E-state index contributed by atoms with van der Waals surface area (Å²) in [4.78, 5) is 4.65. The number of aromatic amines is 1. The van der Waals surface area contributed by atoms with E-state index in [1.807, 2.05) is 0 Å². The number of hydrogen-bond acceptors (Lipinski definition) is 1. The Morgan fingerprint density at radius 1 is 0.800 bits per heavy atom. The molecule has 4 aromatic rings. The van der Waals surface area contributed by atoms with E-state index in [4.69, 9.17) is 0 Å². The zero-order chi connectivity index (χ0) is 13.4. The van der Waals surface area contributed by atoms with Gasteiger partial charge in [-0.2, -0.15) is 0 Å². The standard InChI is InChI=1S/C18H13NS/c1-2-6-13(7-3-1)14-10-18(20-12-14)16-11-19-17-9-5-4-8-15(16)17/h1-12,19H. The van der Waals surface area contributed by atoms with Gasteiger partial charge in [0.05, 0.1) is 0 Å². The third kappa shape index (κ3) is 1.86. The maximum absolute atomic E-state index is 3.34. The molecular weight excluding hydrogens is 262 g/mol. The van der Waals surface area contributed by atoms with Gasteiger partial charge in [-0.25, -0.2) is 0 Å². The summed E-state index contributed by atoms with van der Waals surface area (Å²) in [5.74, 6) is 0. The summed E-state index contributed by atoms with van der Waals surface area (Å²) in [6.45, 7) is 0. The van der Waals surface area contributed by atoms with Gasteiger partial charge in [0.1, 0.15) is 0 Å². The van der Waals surface area contributed by atoms with E-state index in [2.05, 4.69) is 77.2 Å². The van der Waals surface area contributed by atoms with Crippen LogP contribution in [0.3, 0.4) is 0 Å². The van der Waals surface area contributed by atoms with Gasteiger partial charge in [-0.3, -0.25) is 0 Å². The van der Waals surface area contributed by atoms with E-state index in [9.17, 15) is 0 Å². The molecule has 96 valence electrons. The van der Waals surface area contributed by atoms with Gasteiger partial charge in [-0.15, -0.1) is 11.3 Å². The fraction of sp³-hybridized carbons (Fsp3) is 0. The van der Waals surface area contributed by atoms with E-state index in [0.29, 0.717) is 0 Å². The molecule has 2 heterocycles. The first-order valence-corrected chi connectivity index (χ1v) is 7.50. The van der Waals surface area contributed by atoms with Gasteiger partial charge < -0.3 is 4.98 Å². The molecule has 0 aliphatic heterocycles. The molecule has 2 aromatic carbocycles. The Balaban J connectivity index is 1.82. The van der Waals surface area contributed by atoms with E-state index in [0.717, 1.165) is 0 Å². The van der Waals surface area contributed by atoms with Crippen LogP contribution >= 0.6 is 11.3 Å². The van der Waals surface area contributed by atoms with Gasteiger partial charge in [0.25, 0.3) is 0 Å². The molecule has 20 heavy (non-hydrogen) atoms. The van der Waals surface area contributed by atoms with Crippen LogP contribution in [0.15, 0.2) is 72.2 Å². The number of para-hydroxylation sites is 1. The molecule has 2 aromatic heterocycles. The largest absolute Gasteiger partial charge is 0.361 e. The van der Waals surface area contributed by atoms with Gasteiger partial charge in [0.2, 0.25) is 0 Å².